The fraction of sp³-hybridized carbons (Fsp3) is 0. The van der Waals surface area contributed by atoms with Gasteiger partial charge in [0.15, 0.2) is 0 Å². The first-order chi connectivity index (χ1) is 51.2. The van der Waals surface area contributed by atoms with Crippen LogP contribution in [0.4, 0.5) is 79.6 Å². The number of para-hydroxylation sites is 1. The van der Waals surface area contributed by atoms with Crippen molar-refractivity contribution < 1.29 is 188 Å². The molecule has 44 heteroatoms. The monoisotopic (exact) mass is 1660 g/mol. The van der Waals surface area contributed by atoms with Gasteiger partial charge in [0.1, 0.15) is 48.0 Å². The Kier molecular flexibility index (Phi) is 28.2. The molecule has 0 aliphatic heterocycles. The number of nitrogens with zero attached hydrogens (tertiary/aromatic N) is 13. The molecule has 3 N–H and O–H groups in total. The molecule has 0 aromatic heterocycles. The maximum atomic E-state index is 13.6. The topological polar surface area (TPSA) is 610 Å². The average Bonchev–Trinajstić information content (AvgIpc) is 0.760. The van der Waals surface area contributed by atoms with Crippen molar-refractivity contribution in [1.82, 2.24) is 0 Å². The number of hydrogen-bond donors (Lipinski definition) is 3. The summed E-state index contributed by atoms with van der Waals surface area (Å²) in [5, 5.41) is 164. The Bertz CT molecular complexity index is 6250. The number of rotatable bonds is 17. The number of benzene rings is 13. The fourth-order valence-electron chi connectivity index (χ4n) is 10.5. The van der Waals surface area contributed by atoms with Crippen LogP contribution in [0.25, 0.3) is 59.2 Å². The van der Waals surface area contributed by atoms with E-state index in [2.05, 4.69) is 46.2 Å². The van der Waals surface area contributed by atoms with Gasteiger partial charge < -0.3 is 50.2 Å². The summed E-state index contributed by atoms with van der Waals surface area (Å²) < 4.78 is 105. The Morgan fingerprint density at radius 1 is 0.330 bits per heavy atom. The maximum absolute atomic E-state index is 13.6. The molecule has 0 saturated heterocycles. The molecule has 2 radical (unpaired) electrons. The largest absolute Gasteiger partial charge is 3.00 e. The van der Waals surface area contributed by atoms with E-state index in [1.54, 1.807) is 91.0 Å². The Hall–Kier alpha value is -11.6. The van der Waals surface area contributed by atoms with E-state index < -0.39 is 139 Å². The van der Waals surface area contributed by atoms with E-state index in [0.717, 1.165) is 84.2 Å². The maximum Gasteiger partial charge on any atom is 3.00 e. The quantitative estimate of drug-likeness (QED) is 0.0253. The molecule has 0 fully saturated rings. The Labute approximate surface area is 693 Å². The summed E-state index contributed by atoms with van der Waals surface area (Å²) in [4.78, 5) is 38.6. The number of hydrogen-bond acceptors (Lipinski definition) is 31. The Balaban J connectivity index is 0.000000236. The average molecular weight is 1670 g/mol. The molecular formula is C68H37Cr2N13Na2O24S3. The Morgan fingerprint density at radius 3 is 1.24 bits per heavy atom. The van der Waals surface area contributed by atoms with Crippen molar-refractivity contribution in [1.29, 1.82) is 0 Å². The first-order valence-electron chi connectivity index (χ1n) is 30.0. The van der Waals surface area contributed by atoms with Crippen molar-refractivity contribution in [2.75, 3.05) is 0 Å². The zero-order chi connectivity index (χ0) is 77.8. The summed E-state index contributed by atoms with van der Waals surface area (Å²) in [5.41, 5.74) is -4.36. The van der Waals surface area contributed by atoms with Gasteiger partial charge in [0.25, 0.3) is 32.9 Å². The summed E-state index contributed by atoms with van der Waals surface area (Å²) >= 11 is 0. The van der Waals surface area contributed by atoms with Crippen LogP contribution in [-0.2, 0) is 65.1 Å². The summed E-state index contributed by atoms with van der Waals surface area (Å²) in [7, 11) is -15.4. The summed E-state index contributed by atoms with van der Waals surface area (Å²) in [6.07, 6.45) is 0. The molecule has 0 amide bonds. The SMILES string of the molecule is O=[N+]([O-])c1ccc([O-])c(N=Nc2c(S(=O)(=O)[O-])cc3c(N=Nc4cc([N+](=O)[O-])ccc4[O-])c([N-]c4ccccc4)ccc3c2[O-])c1.O=[N+]([O-])c1ccc2c(N=Nc3c(O)ccc4ccccc34)c(O)cc(S(=O)(=O)O)c2c1.O=[N+]([O-])c1ccc2c(N=Nc3c([O-])ccc4ccccc34)c([O-])cc(S(=O)(=O)[O-])c2c1.[Cr+3].[Cr+3].[Na+].[Na+]. The van der Waals surface area contributed by atoms with Crippen molar-refractivity contribution in [3.63, 3.8) is 0 Å². The fourth-order valence-corrected chi connectivity index (χ4v) is 12.6. The number of phenols is 2. The molecule has 550 valence electrons. The molecule has 0 atom stereocenters. The van der Waals surface area contributed by atoms with Gasteiger partial charge in [-0.1, -0.05) is 150 Å². The second-order valence-electron chi connectivity index (χ2n) is 22.3. The molecule has 0 spiro atoms. The molecule has 0 heterocycles. The molecule has 0 unspecified atom stereocenters. The van der Waals surface area contributed by atoms with Crippen LogP contribution in [0, 0.1) is 40.5 Å². The molecule has 0 saturated carbocycles. The molecule has 13 aromatic carbocycles. The van der Waals surface area contributed by atoms with E-state index in [4.69, 9.17) is 0 Å². The zero-order valence-corrected chi connectivity index (χ0v) is 65.4. The van der Waals surface area contributed by atoms with Crippen molar-refractivity contribution in [3.05, 3.63) is 252 Å². The second-order valence-corrected chi connectivity index (χ2v) is 26.3. The van der Waals surface area contributed by atoms with Crippen LogP contribution in [0.2, 0.25) is 0 Å². The van der Waals surface area contributed by atoms with Crippen molar-refractivity contribution in [3.8, 4) is 40.2 Å². The van der Waals surface area contributed by atoms with Crippen molar-refractivity contribution >= 4 is 164 Å². The number of fused-ring (bicyclic) bond motifs is 5. The minimum atomic E-state index is -5.48. The van der Waals surface area contributed by atoms with Crippen LogP contribution >= 0.6 is 0 Å². The molecule has 37 nitrogen and oxygen atoms in total. The molecule has 0 aliphatic carbocycles. The van der Waals surface area contributed by atoms with Gasteiger partial charge in [-0.05, 0) is 46.5 Å². The molecule has 112 heavy (non-hydrogen) atoms. The van der Waals surface area contributed by atoms with Gasteiger partial charge in [-0.2, -0.15) is 34.0 Å². The van der Waals surface area contributed by atoms with Gasteiger partial charge in [0, 0.05) is 92.3 Å². The number of non-ortho nitro benzene ring substituents is 4. The van der Waals surface area contributed by atoms with Crippen LogP contribution in [-0.4, -0.2) is 68.8 Å². The van der Waals surface area contributed by atoms with Gasteiger partial charge in [0.05, 0.1) is 63.6 Å². The van der Waals surface area contributed by atoms with Crippen molar-refractivity contribution in [2.24, 2.45) is 40.9 Å². The van der Waals surface area contributed by atoms with Gasteiger partial charge in [-0.3, -0.25) is 45.0 Å². The molecule has 0 bridgehead atoms. The number of phenolic OH excluding ortho intramolecular Hbond substituents is 2. The van der Waals surface area contributed by atoms with E-state index in [1.807, 2.05) is 0 Å². The molecule has 13 aromatic rings. The summed E-state index contributed by atoms with van der Waals surface area (Å²) in [6.45, 7) is 0. The smallest absolute Gasteiger partial charge is 0.871 e. The Morgan fingerprint density at radius 2 is 0.732 bits per heavy atom. The first kappa shape index (κ1) is 87.6. The van der Waals surface area contributed by atoms with Crippen LogP contribution < -0.4 is 84.6 Å². The van der Waals surface area contributed by atoms with Crippen LogP contribution in [0.1, 0.15) is 0 Å². The van der Waals surface area contributed by atoms with Gasteiger partial charge in [-0.15, -0.1) is 26.7 Å². The second kappa shape index (κ2) is 36.0. The van der Waals surface area contributed by atoms with E-state index >= 15 is 0 Å². The minimum absolute atomic E-state index is 0. The zero-order valence-electron chi connectivity index (χ0n) is 56.4. The van der Waals surface area contributed by atoms with Crippen LogP contribution in [0.3, 0.4) is 0 Å². The standard InChI is InChI=1S/C28H18N7O10S.2C20H13N3O7S.2Cr.2Na/c36-23-10-6-16(34(39)40)12-21(23)30-32-26-19-14-25(46(43,44)45)27(33-31-22-13-17(35(41)42)7-11-24(22)37)28(38)18(19)8-9-20(26)29-15-4-2-1-3-5-15;2*24-16-8-5-11-3-1-2-4-13(11)19(16)21-22-20-14-7-6-12(23(26)27)9-15(14)18(10-17(20)25)31(28,29)30;;;;/h1-14H,(H4-,29,30,31,32,33,36,37,38,43,44,45);2*1-10,24-25H,(H,28,29,30);;;;/q-1;;;2*+3;2*+1/p-7. The third-order valence-electron chi connectivity index (χ3n) is 15.5. The predicted octanol–water partition coefficient (Wildman–Crippen LogP) is 8.29. The number of nitro groups is 4. The van der Waals surface area contributed by atoms with E-state index in [-0.39, 0.29) is 166 Å². The number of nitro benzene ring substituents is 4. The minimum Gasteiger partial charge on any atom is -0.871 e. The van der Waals surface area contributed by atoms with Crippen LogP contribution in [0.5, 0.6) is 40.2 Å². The van der Waals surface area contributed by atoms with Gasteiger partial charge in [-0.25, -0.2) is 16.8 Å². The normalized spacial score (nSPS) is 11.5. The van der Waals surface area contributed by atoms with Gasteiger partial charge in [0.2, 0.25) is 0 Å². The number of azo groups is 4. The van der Waals surface area contributed by atoms with E-state index in [1.165, 1.54) is 30.3 Å². The van der Waals surface area contributed by atoms with E-state index in [9.17, 15) is 115 Å². The summed E-state index contributed by atoms with van der Waals surface area (Å²) in [5.74, 6) is -4.93. The van der Waals surface area contributed by atoms with Crippen molar-refractivity contribution in [2.45, 2.75) is 14.7 Å². The first-order valence-corrected chi connectivity index (χ1v) is 34.2. The van der Waals surface area contributed by atoms with Crippen LogP contribution in [0.15, 0.2) is 262 Å². The molecule has 13 rings (SSSR count). The predicted molar refractivity (Wildman–Crippen MR) is 371 cm³/mol. The van der Waals surface area contributed by atoms with Gasteiger partial charge >= 0.3 is 93.8 Å². The third kappa shape index (κ3) is 19.4. The number of aromatic hydroxyl groups is 2. The molecular weight excluding hydrogens is 1630 g/mol. The molecule has 0 aliphatic rings. The van der Waals surface area contributed by atoms with E-state index in [0.29, 0.717) is 27.9 Å². The summed E-state index contributed by atoms with van der Waals surface area (Å²) in [6, 6.07) is 44.2. The third-order valence-corrected chi connectivity index (χ3v) is 18.1.